The second-order valence-corrected chi connectivity index (χ2v) is 4.31. The molecule has 2 atom stereocenters. The minimum absolute atomic E-state index is 0.806. The topological polar surface area (TPSA) is 0 Å². The Morgan fingerprint density at radius 3 is 1.50 bits per heavy atom. The fraction of sp³-hybridized carbons (Fsp3) is 0.667. The maximum Gasteiger partial charge on any atom is -0.0140 e. The number of hydrogen-bond donors (Lipinski definition) is 0. The summed E-state index contributed by atoms with van der Waals surface area (Å²) in [5, 5.41) is 0. The van der Waals surface area contributed by atoms with Crippen LogP contribution in [0.5, 0.6) is 0 Å². The van der Waals surface area contributed by atoms with Crippen molar-refractivity contribution < 1.29 is 0 Å². The summed E-state index contributed by atoms with van der Waals surface area (Å²) in [5.41, 5.74) is 3.01. The summed E-state index contributed by atoms with van der Waals surface area (Å²) in [7, 11) is 0. The van der Waals surface area contributed by atoms with Crippen LogP contribution in [0.1, 0.15) is 38.5 Å². The van der Waals surface area contributed by atoms with Crippen LogP contribution < -0.4 is 0 Å². The van der Waals surface area contributed by atoms with Crippen LogP contribution in [0.3, 0.4) is 0 Å². The lowest BCUT2D eigenvalue weighted by atomic mass is 9.85. The molecule has 0 aliphatic heterocycles. The third kappa shape index (κ3) is 1.24. The van der Waals surface area contributed by atoms with Gasteiger partial charge in [0.1, 0.15) is 0 Å². The summed E-state index contributed by atoms with van der Waals surface area (Å²) in [5.74, 6) is 1.61. The molecule has 0 nitrogen and oxygen atoms in total. The zero-order valence-corrected chi connectivity index (χ0v) is 7.81. The molecule has 0 saturated heterocycles. The Hall–Kier alpha value is -0.520. The van der Waals surface area contributed by atoms with Crippen LogP contribution in [0.15, 0.2) is 24.3 Å². The van der Waals surface area contributed by atoms with Gasteiger partial charge in [-0.25, -0.2) is 0 Å². The molecule has 0 aromatic heterocycles. The average Bonchev–Trinajstić information content (AvgIpc) is 2.59. The molecule has 0 radical (unpaired) electrons. The van der Waals surface area contributed by atoms with Crippen LogP contribution in [-0.4, -0.2) is 0 Å². The Balaban J connectivity index is 2.08. The van der Waals surface area contributed by atoms with E-state index in [1.807, 2.05) is 0 Å². The van der Waals surface area contributed by atoms with Gasteiger partial charge in [0.05, 0.1) is 0 Å². The summed E-state index contributed by atoms with van der Waals surface area (Å²) < 4.78 is 0. The van der Waals surface area contributed by atoms with Gasteiger partial charge >= 0.3 is 0 Å². The van der Waals surface area contributed by atoms with Crippen LogP contribution >= 0.6 is 0 Å². The van der Waals surface area contributed by atoms with Crippen molar-refractivity contribution in [1.29, 1.82) is 0 Å². The highest BCUT2D eigenvalue weighted by Crippen LogP contribution is 2.44. The van der Waals surface area contributed by atoms with E-state index in [1.165, 1.54) is 49.7 Å². The summed E-state index contributed by atoms with van der Waals surface area (Å²) in [6.07, 6.45) is 8.04. The monoisotopic (exact) mass is 162 g/mol. The van der Waals surface area contributed by atoms with E-state index in [0.29, 0.717) is 0 Å². The molecular weight excluding hydrogens is 144 g/mol. The molecule has 0 heteroatoms. The van der Waals surface area contributed by atoms with Crippen molar-refractivity contribution in [2.75, 3.05) is 0 Å². The maximum absolute atomic E-state index is 4.17. The van der Waals surface area contributed by atoms with Gasteiger partial charge in [0.2, 0.25) is 0 Å². The van der Waals surface area contributed by atoms with Crippen molar-refractivity contribution >= 4 is 0 Å². The number of allylic oxidation sites excluding steroid dienone is 2. The highest BCUT2D eigenvalue weighted by Gasteiger charge is 2.31. The zero-order valence-electron chi connectivity index (χ0n) is 7.81. The van der Waals surface area contributed by atoms with Crippen molar-refractivity contribution in [3.05, 3.63) is 24.3 Å². The summed E-state index contributed by atoms with van der Waals surface area (Å²) >= 11 is 0. The Bertz CT molecular complexity index is 188. The molecular formula is C12H18. The SMILES string of the molecule is C=C1CCC[C@H]1[C@H]1CCCC1=C. The van der Waals surface area contributed by atoms with Gasteiger partial charge in [-0.1, -0.05) is 24.3 Å². The fourth-order valence-electron chi connectivity index (χ4n) is 2.85. The normalized spacial score (nSPS) is 36.3. The lowest BCUT2D eigenvalue weighted by Gasteiger charge is -2.20. The van der Waals surface area contributed by atoms with Gasteiger partial charge in [-0.2, -0.15) is 0 Å². The van der Waals surface area contributed by atoms with Gasteiger partial charge < -0.3 is 0 Å². The Morgan fingerprint density at radius 1 is 0.833 bits per heavy atom. The minimum atomic E-state index is 0.806. The predicted molar refractivity (Wildman–Crippen MR) is 53.0 cm³/mol. The highest BCUT2D eigenvalue weighted by atomic mass is 14.4. The third-order valence-electron chi connectivity index (χ3n) is 3.56. The first-order valence-corrected chi connectivity index (χ1v) is 5.14. The Morgan fingerprint density at radius 2 is 1.25 bits per heavy atom. The summed E-state index contributed by atoms with van der Waals surface area (Å²) in [4.78, 5) is 0. The van der Waals surface area contributed by atoms with Gasteiger partial charge in [-0.3, -0.25) is 0 Å². The maximum atomic E-state index is 4.17. The minimum Gasteiger partial charge on any atom is -0.0996 e. The molecule has 2 aliphatic rings. The van der Waals surface area contributed by atoms with Crippen LogP contribution in [0.25, 0.3) is 0 Å². The molecule has 2 saturated carbocycles. The molecule has 0 aromatic carbocycles. The van der Waals surface area contributed by atoms with Crippen LogP contribution in [0.4, 0.5) is 0 Å². The van der Waals surface area contributed by atoms with Crippen molar-refractivity contribution in [3.8, 4) is 0 Å². The van der Waals surface area contributed by atoms with Gasteiger partial charge in [-0.15, -0.1) is 0 Å². The third-order valence-corrected chi connectivity index (χ3v) is 3.56. The van der Waals surface area contributed by atoms with Gasteiger partial charge in [-0.05, 0) is 50.4 Å². The molecule has 0 bridgehead atoms. The second kappa shape index (κ2) is 3.08. The Kier molecular flexibility index (Phi) is 2.08. The van der Waals surface area contributed by atoms with Gasteiger partial charge in [0, 0.05) is 0 Å². The van der Waals surface area contributed by atoms with E-state index in [9.17, 15) is 0 Å². The van der Waals surface area contributed by atoms with E-state index in [4.69, 9.17) is 0 Å². The average molecular weight is 162 g/mol. The largest absolute Gasteiger partial charge is 0.0996 e. The molecule has 0 aromatic rings. The first kappa shape index (κ1) is 8.10. The van der Waals surface area contributed by atoms with E-state index in [0.717, 1.165) is 11.8 Å². The molecule has 12 heavy (non-hydrogen) atoms. The lowest BCUT2D eigenvalue weighted by molar-refractivity contribution is 0.450. The standard InChI is InChI=1S/C12H18/c1-9-5-3-7-11(9)12-8-4-6-10(12)2/h11-12H,1-8H2/t11-,12+. The number of rotatable bonds is 1. The highest BCUT2D eigenvalue weighted by molar-refractivity contribution is 5.17. The van der Waals surface area contributed by atoms with E-state index in [2.05, 4.69) is 13.2 Å². The van der Waals surface area contributed by atoms with Crippen LogP contribution in [0.2, 0.25) is 0 Å². The van der Waals surface area contributed by atoms with E-state index in [1.54, 1.807) is 0 Å². The lowest BCUT2D eigenvalue weighted by Crippen LogP contribution is -2.10. The Labute approximate surface area is 75.4 Å². The van der Waals surface area contributed by atoms with Gasteiger partial charge in [0.15, 0.2) is 0 Å². The zero-order chi connectivity index (χ0) is 8.55. The summed E-state index contributed by atoms with van der Waals surface area (Å²) in [6, 6.07) is 0. The van der Waals surface area contributed by atoms with Crippen molar-refractivity contribution in [2.24, 2.45) is 11.8 Å². The van der Waals surface area contributed by atoms with Crippen molar-refractivity contribution in [1.82, 2.24) is 0 Å². The molecule has 66 valence electrons. The quantitative estimate of drug-likeness (QED) is 0.516. The molecule has 0 spiro atoms. The second-order valence-electron chi connectivity index (χ2n) is 4.31. The van der Waals surface area contributed by atoms with E-state index in [-0.39, 0.29) is 0 Å². The van der Waals surface area contributed by atoms with Crippen LogP contribution in [-0.2, 0) is 0 Å². The first-order chi connectivity index (χ1) is 5.79. The van der Waals surface area contributed by atoms with E-state index >= 15 is 0 Å². The molecule has 2 rings (SSSR count). The fourth-order valence-corrected chi connectivity index (χ4v) is 2.85. The van der Waals surface area contributed by atoms with Crippen LogP contribution in [0, 0.1) is 11.8 Å². The molecule has 2 fully saturated rings. The van der Waals surface area contributed by atoms with Crippen molar-refractivity contribution in [3.63, 3.8) is 0 Å². The van der Waals surface area contributed by atoms with Crippen molar-refractivity contribution in [2.45, 2.75) is 38.5 Å². The molecule has 0 amide bonds. The predicted octanol–water partition coefficient (Wildman–Crippen LogP) is 3.70. The smallest absolute Gasteiger partial charge is 0.0140 e. The molecule has 2 aliphatic carbocycles. The number of hydrogen-bond acceptors (Lipinski definition) is 0. The molecule has 0 unspecified atom stereocenters. The van der Waals surface area contributed by atoms with Gasteiger partial charge in [0.25, 0.3) is 0 Å². The van der Waals surface area contributed by atoms with E-state index < -0.39 is 0 Å². The molecule has 0 heterocycles. The first-order valence-electron chi connectivity index (χ1n) is 5.14. The molecule has 0 N–H and O–H groups in total. The summed E-state index contributed by atoms with van der Waals surface area (Å²) in [6.45, 7) is 8.35.